The molecule has 1 saturated heterocycles. The van der Waals surface area contributed by atoms with Crippen molar-refractivity contribution in [1.29, 1.82) is 0 Å². The lowest BCUT2D eigenvalue weighted by Gasteiger charge is -2.13. The van der Waals surface area contributed by atoms with E-state index in [2.05, 4.69) is 41.3 Å². The summed E-state index contributed by atoms with van der Waals surface area (Å²) < 4.78 is 2.02. The van der Waals surface area contributed by atoms with Crippen LogP contribution in [0.2, 0.25) is 0 Å². The third-order valence-corrected chi connectivity index (χ3v) is 3.96. The number of thioether (sulfide) groups is 1. The highest BCUT2D eigenvalue weighted by Crippen LogP contribution is 2.19. The highest BCUT2D eigenvalue weighted by Gasteiger charge is 2.22. The van der Waals surface area contributed by atoms with Gasteiger partial charge in [0.2, 0.25) is 0 Å². The Balaban J connectivity index is 1.94. The lowest BCUT2D eigenvalue weighted by Crippen LogP contribution is -2.31. The molecule has 5 nitrogen and oxygen atoms in total. The first-order valence-corrected chi connectivity index (χ1v) is 6.99. The van der Waals surface area contributed by atoms with Crippen molar-refractivity contribution in [3.8, 4) is 0 Å². The molecule has 1 fully saturated rings. The number of amidine groups is 1. The van der Waals surface area contributed by atoms with E-state index in [-0.39, 0.29) is 0 Å². The molecule has 1 aromatic heterocycles. The molecule has 1 atom stereocenters. The largest absolute Gasteiger partial charge is 0.361 e. The van der Waals surface area contributed by atoms with E-state index >= 15 is 0 Å². The van der Waals surface area contributed by atoms with E-state index in [1.165, 1.54) is 0 Å². The van der Waals surface area contributed by atoms with Crippen LogP contribution in [0.5, 0.6) is 0 Å². The van der Waals surface area contributed by atoms with Crippen LogP contribution in [-0.2, 0) is 13.1 Å². The van der Waals surface area contributed by atoms with Gasteiger partial charge in [-0.2, -0.15) is 0 Å². The SMILES string of the molecule is CCn1cnnc1CN=C1NC(C(C)C)CS1. The first-order valence-electron chi connectivity index (χ1n) is 6.01. The van der Waals surface area contributed by atoms with Crippen molar-refractivity contribution in [2.45, 2.75) is 39.9 Å². The monoisotopic (exact) mass is 253 g/mol. The highest BCUT2D eigenvalue weighted by atomic mass is 32.2. The number of aliphatic imine (C=N–C) groups is 1. The van der Waals surface area contributed by atoms with Gasteiger partial charge in [0.25, 0.3) is 0 Å². The summed E-state index contributed by atoms with van der Waals surface area (Å²) in [7, 11) is 0. The van der Waals surface area contributed by atoms with Crippen molar-refractivity contribution in [3.63, 3.8) is 0 Å². The summed E-state index contributed by atoms with van der Waals surface area (Å²) in [6.45, 7) is 8.04. The van der Waals surface area contributed by atoms with Gasteiger partial charge in [-0.3, -0.25) is 4.99 Å². The molecule has 0 aliphatic carbocycles. The second kappa shape index (κ2) is 5.53. The van der Waals surface area contributed by atoms with Gasteiger partial charge in [0.15, 0.2) is 11.0 Å². The molecule has 1 N–H and O–H groups in total. The van der Waals surface area contributed by atoms with Gasteiger partial charge in [0, 0.05) is 18.3 Å². The third kappa shape index (κ3) is 3.00. The number of nitrogens with one attached hydrogen (secondary N) is 1. The molecule has 0 spiro atoms. The molecule has 1 aliphatic heterocycles. The van der Waals surface area contributed by atoms with E-state index in [0.29, 0.717) is 18.5 Å². The van der Waals surface area contributed by atoms with Gasteiger partial charge in [-0.1, -0.05) is 25.6 Å². The van der Waals surface area contributed by atoms with E-state index in [0.717, 1.165) is 23.3 Å². The Morgan fingerprint density at radius 2 is 2.47 bits per heavy atom. The minimum atomic E-state index is 0.544. The molecule has 0 radical (unpaired) electrons. The Labute approximate surface area is 106 Å². The van der Waals surface area contributed by atoms with Gasteiger partial charge in [-0.25, -0.2) is 0 Å². The summed E-state index contributed by atoms with van der Waals surface area (Å²) in [6, 6.07) is 0.544. The third-order valence-electron chi connectivity index (χ3n) is 2.91. The zero-order valence-electron chi connectivity index (χ0n) is 10.6. The maximum absolute atomic E-state index is 4.55. The molecule has 2 rings (SSSR count). The summed E-state index contributed by atoms with van der Waals surface area (Å²) in [5.41, 5.74) is 0. The molecule has 0 saturated carbocycles. The standard InChI is InChI=1S/C11H19N5S/c1-4-16-7-13-15-10(16)5-12-11-14-9(6-17-11)8(2)3/h7-9H,4-6H2,1-3H3,(H,12,14). The van der Waals surface area contributed by atoms with Crippen molar-refractivity contribution in [1.82, 2.24) is 20.1 Å². The summed E-state index contributed by atoms with van der Waals surface area (Å²) in [4.78, 5) is 4.55. The fourth-order valence-electron chi connectivity index (χ4n) is 1.67. The average molecular weight is 253 g/mol. The number of rotatable bonds is 4. The Morgan fingerprint density at radius 3 is 3.12 bits per heavy atom. The van der Waals surface area contributed by atoms with Crippen LogP contribution in [0.25, 0.3) is 0 Å². The van der Waals surface area contributed by atoms with E-state index in [9.17, 15) is 0 Å². The van der Waals surface area contributed by atoms with Gasteiger partial charge in [0.05, 0.1) is 0 Å². The van der Waals surface area contributed by atoms with Crippen LogP contribution < -0.4 is 5.32 Å². The molecule has 6 heteroatoms. The van der Waals surface area contributed by atoms with Gasteiger partial charge in [0.1, 0.15) is 12.9 Å². The summed E-state index contributed by atoms with van der Waals surface area (Å²) in [5.74, 6) is 2.68. The molecule has 94 valence electrons. The molecule has 2 heterocycles. The molecule has 0 bridgehead atoms. The van der Waals surface area contributed by atoms with E-state index in [1.54, 1.807) is 18.1 Å². The lowest BCUT2D eigenvalue weighted by atomic mass is 10.1. The Kier molecular flexibility index (Phi) is 4.04. The van der Waals surface area contributed by atoms with Crippen LogP contribution in [0, 0.1) is 5.92 Å². The molecule has 1 unspecified atom stereocenters. The van der Waals surface area contributed by atoms with Gasteiger partial charge in [-0.05, 0) is 12.8 Å². The summed E-state index contributed by atoms with van der Waals surface area (Å²) in [5, 5.41) is 12.5. The maximum atomic E-state index is 4.55. The first kappa shape index (κ1) is 12.4. The number of aromatic nitrogens is 3. The van der Waals surface area contributed by atoms with Crippen LogP contribution in [0.3, 0.4) is 0 Å². The second-order valence-corrected chi connectivity index (χ2v) is 5.47. The molecular formula is C11H19N5S. The Bertz CT molecular complexity index is 398. The molecule has 17 heavy (non-hydrogen) atoms. The minimum Gasteiger partial charge on any atom is -0.361 e. The van der Waals surface area contributed by atoms with Crippen LogP contribution in [0.4, 0.5) is 0 Å². The fraction of sp³-hybridized carbons (Fsp3) is 0.727. The minimum absolute atomic E-state index is 0.544. The number of hydrogen-bond donors (Lipinski definition) is 1. The topological polar surface area (TPSA) is 55.1 Å². The van der Waals surface area contributed by atoms with Crippen molar-refractivity contribution in [2.75, 3.05) is 5.75 Å². The molecule has 0 amide bonds. The number of nitrogens with zero attached hydrogens (tertiary/aromatic N) is 4. The Hall–Kier alpha value is -1.04. The maximum Gasteiger partial charge on any atom is 0.157 e. The van der Waals surface area contributed by atoms with E-state index in [4.69, 9.17) is 0 Å². The van der Waals surface area contributed by atoms with E-state index < -0.39 is 0 Å². The fourth-order valence-corrected chi connectivity index (χ4v) is 2.87. The molecule has 1 aliphatic rings. The predicted octanol–water partition coefficient (Wildman–Crippen LogP) is 1.51. The van der Waals surface area contributed by atoms with Gasteiger partial charge in [-0.15, -0.1) is 10.2 Å². The summed E-state index contributed by atoms with van der Waals surface area (Å²) in [6.07, 6.45) is 1.75. The smallest absolute Gasteiger partial charge is 0.157 e. The van der Waals surface area contributed by atoms with E-state index in [1.807, 2.05) is 4.57 Å². The molecule has 1 aromatic rings. The first-order chi connectivity index (χ1) is 8.20. The van der Waals surface area contributed by atoms with Crippen molar-refractivity contribution in [3.05, 3.63) is 12.2 Å². The van der Waals surface area contributed by atoms with Crippen LogP contribution >= 0.6 is 11.8 Å². The van der Waals surface area contributed by atoms with Crippen LogP contribution in [0.1, 0.15) is 26.6 Å². The van der Waals surface area contributed by atoms with Gasteiger partial charge >= 0.3 is 0 Å². The van der Waals surface area contributed by atoms with Crippen molar-refractivity contribution >= 4 is 16.9 Å². The second-order valence-electron chi connectivity index (χ2n) is 4.46. The van der Waals surface area contributed by atoms with Crippen LogP contribution in [-0.4, -0.2) is 31.7 Å². The lowest BCUT2D eigenvalue weighted by molar-refractivity contribution is 0.503. The van der Waals surface area contributed by atoms with Crippen molar-refractivity contribution < 1.29 is 0 Å². The highest BCUT2D eigenvalue weighted by molar-refractivity contribution is 8.14. The van der Waals surface area contributed by atoms with Crippen LogP contribution in [0.15, 0.2) is 11.3 Å². The predicted molar refractivity (Wildman–Crippen MR) is 71.1 cm³/mol. The van der Waals surface area contributed by atoms with Crippen molar-refractivity contribution in [2.24, 2.45) is 10.9 Å². The van der Waals surface area contributed by atoms with Gasteiger partial charge < -0.3 is 9.88 Å². The molecular weight excluding hydrogens is 234 g/mol. The molecule has 0 aromatic carbocycles. The zero-order chi connectivity index (χ0) is 12.3. The number of aryl methyl sites for hydroxylation is 1. The average Bonchev–Trinajstić information content (AvgIpc) is 2.95. The summed E-state index contributed by atoms with van der Waals surface area (Å²) >= 11 is 1.80. The zero-order valence-corrected chi connectivity index (χ0v) is 11.4. The number of hydrogen-bond acceptors (Lipinski definition) is 4. The quantitative estimate of drug-likeness (QED) is 0.884. The normalized spacial score (nSPS) is 22.4. The Morgan fingerprint density at radius 1 is 1.65 bits per heavy atom.